The maximum Gasteiger partial charge on any atom is 0.241 e. The van der Waals surface area contributed by atoms with Gasteiger partial charge in [-0.1, -0.05) is 18.2 Å². The molecule has 126 valence electrons. The molecule has 2 aromatic rings. The summed E-state index contributed by atoms with van der Waals surface area (Å²) in [7, 11) is 0. The molecule has 0 radical (unpaired) electrons. The van der Waals surface area contributed by atoms with Crippen molar-refractivity contribution in [2.45, 2.75) is 6.42 Å². The lowest BCUT2D eigenvalue weighted by molar-refractivity contribution is -0.121. The number of thiophene rings is 1. The molecule has 3 rings (SSSR count). The normalized spacial score (nSPS) is 15.8. The summed E-state index contributed by atoms with van der Waals surface area (Å²) in [4.78, 5) is 16.6. The third kappa shape index (κ3) is 4.91. The Bertz CT molecular complexity index is 649. The van der Waals surface area contributed by atoms with Crippen LogP contribution in [0, 0.1) is 0 Å². The summed E-state index contributed by atoms with van der Waals surface area (Å²) in [5.74, 6) is -0.0352. The number of hydrazone groups is 1. The number of amides is 1. The van der Waals surface area contributed by atoms with Crippen LogP contribution in [0.2, 0.25) is 0 Å². The molecule has 1 fully saturated rings. The minimum Gasteiger partial charge on any atom is -0.369 e. The Morgan fingerprint density at radius 2 is 1.96 bits per heavy atom. The van der Waals surface area contributed by atoms with Crippen LogP contribution in [-0.2, 0) is 4.79 Å². The van der Waals surface area contributed by atoms with Crippen LogP contribution in [0.1, 0.15) is 12.0 Å². The molecule has 0 atom stereocenters. The van der Waals surface area contributed by atoms with Gasteiger partial charge in [-0.15, -0.1) is 0 Å². The molecule has 1 aromatic carbocycles. The Balaban J connectivity index is 1.35. The van der Waals surface area contributed by atoms with Crippen LogP contribution in [0.4, 0.5) is 5.69 Å². The number of piperazine rings is 1. The van der Waals surface area contributed by atoms with Crippen molar-refractivity contribution in [1.29, 1.82) is 0 Å². The zero-order valence-corrected chi connectivity index (χ0v) is 14.4. The fraction of sp³-hybridized carbons (Fsp3) is 0.333. The number of benzene rings is 1. The number of anilines is 1. The van der Waals surface area contributed by atoms with E-state index >= 15 is 0 Å². The molecule has 1 saturated heterocycles. The number of rotatable bonds is 6. The van der Waals surface area contributed by atoms with Crippen molar-refractivity contribution in [3.63, 3.8) is 0 Å². The van der Waals surface area contributed by atoms with Gasteiger partial charge in [0, 0.05) is 50.4 Å². The minimum absolute atomic E-state index is 0.0352. The highest BCUT2D eigenvalue weighted by Crippen LogP contribution is 2.15. The van der Waals surface area contributed by atoms with Crippen LogP contribution < -0.4 is 10.3 Å². The molecule has 1 aromatic heterocycles. The van der Waals surface area contributed by atoms with E-state index < -0.39 is 0 Å². The summed E-state index contributed by atoms with van der Waals surface area (Å²) in [5.41, 5.74) is 4.88. The molecule has 0 unspecified atom stereocenters. The maximum absolute atomic E-state index is 11.8. The molecule has 2 heterocycles. The van der Waals surface area contributed by atoms with E-state index in [4.69, 9.17) is 0 Å². The van der Waals surface area contributed by atoms with E-state index in [-0.39, 0.29) is 5.91 Å². The molecular weight excluding hydrogens is 320 g/mol. The summed E-state index contributed by atoms with van der Waals surface area (Å²) in [6.45, 7) is 4.76. The standard InChI is InChI=1S/C18H22N4OS/c23-18(20-19-14-16-7-13-24-15-16)6-8-21-9-11-22(12-10-21)17-4-2-1-3-5-17/h1-5,7,13-15H,6,8-12H2,(H,20,23). The highest BCUT2D eigenvalue weighted by atomic mass is 32.1. The third-order valence-electron chi connectivity index (χ3n) is 4.09. The Morgan fingerprint density at radius 1 is 1.17 bits per heavy atom. The van der Waals surface area contributed by atoms with E-state index in [2.05, 4.69) is 44.6 Å². The zero-order chi connectivity index (χ0) is 16.6. The van der Waals surface area contributed by atoms with E-state index in [0.717, 1.165) is 38.3 Å². The van der Waals surface area contributed by atoms with Crippen LogP contribution in [0.5, 0.6) is 0 Å². The van der Waals surface area contributed by atoms with Crippen molar-refractivity contribution in [1.82, 2.24) is 10.3 Å². The molecule has 24 heavy (non-hydrogen) atoms. The molecule has 0 bridgehead atoms. The first-order valence-corrected chi connectivity index (χ1v) is 9.12. The van der Waals surface area contributed by atoms with E-state index in [1.54, 1.807) is 17.6 Å². The van der Waals surface area contributed by atoms with Gasteiger partial charge in [0.25, 0.3) is 0 Å². The second kappa shape index (κ2) is 8.61. The monoisotopic (exact) mass is 342 g/mol. The zero-order valence-electron chi connectivity index (χ0n) is 13.6. The number of nitrogens with one attached hydrogen (secondary N) is 1. The van der Waals surface area contributed by atoms with Crippen molar-refractivity contribution in [2.75, 3.05) is 37.6 Å². The lowest BCUT2D eigenvalue weighted by Crippen LogP contribution is -2.47. The number of hydrogen-bond acceptors (Lipinski definition) is 5. The van der Waals surface area contributed by atoms with Gasteiger partial charge in [0.2, 0.25) is 5.91 Å². The second-order valence-electron chi connectivity index (χ2n) is 5.76. The van der Waals surface area contributed by atoms with Gasteiger partial charge in [0.15, 0.2) is 0 Å². The minimum atomic E-state index is -0.0352. The Hall–Kier alpha value is -2.18. The molecule has 0 aliphatic carbocycles. The number of carbonyl (C=O) groups is 1. The SMILES string of the molecule is O=C(CCN1CCN(c2ccccc2)CC1)NN=Cc1ccsc1. The molecular formula is C18H22N4OS. The number of nitrogens with zero attached hydrogens (tertiary/aromatic N) is 3. The first-order valence-electron chi connectivity index (χ1n) is 8.18. The van der Waals surface area contributed by atoms with Crippen molar-refractivity contribution < 1.29 is 4.79 Å². The van der Waals surface area contributed by atoms with Gasteiger partial charge in [-0.3, -0.25) is 9.69 Å². The molecule has 1 N–H and O–H groups in total. The second-order valence-corrected chi connectivity index (χ2v) is 6.54. The summed E-state index contributed by atoms with van der Waals surface area (Å²) in [6.07, 6.45) is 2.15. The largest absolute Gasteiger partial charge is 0.369 e. The lowest BCUT2D eigenvalue weighted by atomic mass is 10.2. The quantitative estimate of drug-likeness (QED) is 0.648. The van der Waals surface area contributed by atoms with E-state index in [9.17, 15) is 4.79 Å². The fourth-order valence-corrected chi connectivity index (χ4v) is 3.32. The molecule has 1 amide bonds. The predicted octanol–water partition coefficient (Wildman–Crippen LogP) is 2.41. The van der Waals surface area contributed by atoms with Crippen molar-refractivity contribution in [2.24, 2.45) is 5.10 Å². The number of para-hydroxylation sites is 1. The molecule has 0 spiro atoms. The van der Waals surface area contributed by atoms with E-state index in [0.29, 0.717) is 6.42 Å². The van der Waals surface area contributed by atoms with Crippen molar-refractivity contribution >= 4 is 29.1 Å². The lowest BCUT2D eigenvalue weighted by Gasteiger charge is -2.36. The first kappa shape index (κ1) is 16.7. The van der Waals surface area contributed by atoms with Crippen LogP contribution >= 0.6 is 11.3 Å². The summed E-state index contributed by atoms with van der Waals surface area (Å²) in [5, 5.41) is 7.96. The molecule has 5 nitrogen and oxygen atoms in total. The topological polar surface area (TPSA) is 47.9 Å². The van der Waals surface area contributed by atoms with Crippen LogP contribution in [0.3, 0.4) is 0 Å². The van der Waals surface area contributed by atoms with Gasteiger partial charge in [-0.2, -0.15) is 16.4 Å². The molecule has 6 heteroatoms. The van der Waals surface area contributed by atoms with Crippen LogP contribution in [0.25, 0.3) is 0 Å². The Labute approximate surface area is 146 Å². The molecule has 1 aliphatic rings. The van der Waals surface area contributed by atoms with Gasteiger partial charge in [-0.25, -0.2) is 5.43 Å². The van der Waals surface area contributed by atoms with E-state index in [1.165, 1.54) is 5.69 Å². The van der Waals surface area contributed by atoms with E-state index in [1.807, 2.05) is 22.9 Å². The molecule has 1 aliphatic heterocycles. The van der Waals surface area contributed by atoms with Gasteiger partial charge in [0.05, 0.1) is 6.21 Å². The fourth-order valence-electron chi connectivity index (χ4n) is 2.71. The van der Waals surface area contributed by atoms with Crippen LogP contribution in [0.15, 0.2) is 52.3 Å². The van der Waals surface area contributed by atoms with Gasteiger partial charge in [-0.05, 0) is 29.0 Å². The Morgan fingerprint density at radius 3 is 2.67 bits per heavy atom. The summed E-state index contributed by atoms with van der Waals surface area (Å²) >= 11 is 1.61. The van der Waals surface area contributed by atoms with Gasteiger partial charge in [0.1, 0.15) is 0 Å². The maximum atomic E-state index is 11.8. The van der Waals surface area contributed by atoms with Gasteiger partial charge >= 0.3 is 0 Å². The predicted molar refractivity (Wildman–Crippen MR) is 99.8 cm³/mol. The number of carbonyl (C=O) groups excluding carboxylic acids is 1. The number of hydrogen-bond donors (Lipinski definition) is 1. The average Bonchev–Trinajstić information content (AvgIpc) is 3.15. The van der Waals surface area contributed by atoms with Crippen molar-refractivity contribution in [3.05, 3.63) is 52.7 Å². The third-order valence-corrected chi connectivity index (χ3v) is 4.80. The highest BCUT2D eigenvalue weighted by Gasteiger charge is 2.17. The summed E-state index contributed by atoms with van der Waals surface area (Å²) < 4.78 is 0. The van der Waals surface area contributed by atoms with Crippen molar-refractivity contribution in [3.8, 4) is 0 Å². The summed E-state index contributed by atoms with van der Waals surface area (Å²) in [6, 6.07) is 12.4. The first-order chi connectivity index (χ1) is 11.8. The average molecular weight is 342 g/mol. The highest BCUT2D eigenvalue weighted by molar-refractivity contribution is 7.08. The van der Waals surface area contributed by atoms with Crippen LogP contribution in [-0.4, -0.2) is 49.7 Å². The smallest absolute Gasteiger partial charge is 0.241 e. The Kier molecular flexibility index (Phi) is 5.98. The molecule has 0 saturated carbocycles. The van der Waals surface area contributed by atoms with Gasteiger partial charge < -0.3 is 4.90 Å².